The molecule has 2 unspecified atom stereocenters. The van der Waals surface area contributed by atoms with E-state index in [4.69, 9.17) is 15.6 Å². The first-order valence-electron chi connectivity index (χ1n) is 7.34. The van der Waals surface area contributed by atoms with Crippen LogP contribution >= 0.6 is 0 Å². The third-order valence-corrected chi connectivity index (χ3v) is 4.13. The van der Waals surface area contributed by atoms with E-state index in [9.17, 15) is 9.59 Å². The van der Waals surface area contributed by atoms with Gasteiger partial charge in [-0.3, -0.25) is 9.59 Å². The molecule has 6 heteroatoms. The van der Waals surface area contributed by atoms with Crippen LogP contribution in [0.1, 0.15) is 52.4 Å². The van der Waals surface area contributed by atoms with E-state index in [2.05, 4.69) is 19.2 Å². The lowest BCUT2D eigenvalue weighted by molar-refractivity contribution is -0.137. The van der Waals surface area contributed by atoms with Crippen LogP contribution in [0.2, 0.25) is 0 Å². The molecule has 0 aromatic carbocycles. The second kappa shape index (κ2) is 7.59. The highest BCUT2D eigenvalue weighted by atomic mass is 16.5. The third-order valence-electron chi connectivity index (χ3n) is 4.13. The smallest absolute Gasteiger partial charge is 0.303 e. The molecule has 6 nitrogen and oxygen atoms in total. The molecule has 0 aromatic heterocycles. The van der Waals surface area contributed by atoms with Gasteiger partial charge in [0.2, 0.25) is 5.91 Å². The van der Waals surface area contributed by atoms with E-state index in [-0.39, 0.29) is 30.4 Å². The molecular weight excluding hydrogens is 260 g/mol. The zero-order valence-corrected chi connectivity index (χ0v) is 12.4. The second-order valence-electron chi connectivity index (χ2n) is 5.48. The minimum absolute atomic E-state index is 0.0621. The maximum Gasteiger partial charge on any atom is 0.303 e. The summed E-state index contributed by atoms with van der Waals surface area (Å²) >= 11 is 0. The van der Waals surface area contributed by atoms with E-state index in [1.165, 1.54) is 0 Å². The Morgan fingerprint density at radius 3 is 2.65 bits per heavy atom. The van der Waals surface area contributed by atoms with Crippen LogP contribution in [0.25, 0.3) is 0 Å². The van der Waals surface area contributed by atoms with Crippen molar-refractivity contribution in [2.75, 3.05) is 6.61 Å². The van der Waals surface area contributed by atoms with Crippen molar-refractivity contribution in [2.45, 2.75) is 70.1 Å². The number of carboxylic acids is 1. The summed E-state index contributed by atoms with van der Waals surface area (Å²) in [5, 5.41) is 11.5. The molecule has 0 aromatic rings. The topological polar surface area (TPSA) is 102 Å². The zero-order valence-electron chi connectivity index (χ0n) is 12.4. The van der Waals surface area contributed by atoms with Crippen LogP contribution in [0.15, 0.2) is 0 Å². The average Bonchev–Trinajstić information content (AvgIpc) is 2.44. The summed E-state index contributed by atoms with van der Waals surface area (Å²) in [6.45, 7) is 4.82. The standard InChI is InChI=1S/C14H26N2O4/c1-3-14(4-2)9-10(7-8-20-14)16-13(19)11(15)5-6-12(17)18/h10-11H,3-9,15H2,1-2H3,(H,16,19)(H,17,18). The van der Waals surface area contributed by atoms with Crippen LogP contribution in [0.3, 0.4) is 0 Å². The van der Waals surface area contributed by atoms with Gasteiger partial charge in [0.05, 0.1) is 11.6 Å². The molecule has 116 valence electrons. The Labute approximate surface area is 120 Å². The molecule has 20 heavy (non-hydrogen) atoms. The fourth-order valence-corrected chi connectivity index (χ4v) is 2.61. The van der Waals surface area contributed by atoms with Gasteiger partial charge in [-0.05, 0) is 32.1 Å². The lowest BCUT2D eigenvalue weighted by atomic mass is 9.86. The van der Waals surface area contributed by atoms with Gasteiger partial charge >= 0.3 is 5.97 Å². The van der Waals surface area contributed by atoms with Crippen molar-refractivity contribution in [1.29, 1.82) is 0 Å². The third kappa shape index (κ3) is 4.76. The van der Waals surface area contributed by atoms with Crippen molar-refractivity contribution in [3.05, 3.63) is 0 Å². The van der Waals surface area contributed by atoms with Gasteiger partial charge in [-0.15, -0.1) is 0 Å². The zero-order chi connectivity index (χ0) is 15.2. The molecule has 0 bridgehead atoms. The summed E-state index contributed by atoms with van der Waals surface area (Å²) in [4.78, 5) is 22.4. The van der Waals surface area contributed by atoms with E-state index >= 15 is 0 Å². The number of ether oxygens (including phenoxy) is 1. The highest BCUT2D eigenvalue weighted by Crippen LogP contribution is 2.31. The number of carbonyl (C=O) groups is 2. The average molecular weight is 286 g/mol. The van der Waals surface area contributed by atoms with Crippen LogP contribution in [-0.2, 0) is 14.3 Å². The van der Waals surface area contributed by atoms with E-state index in [1.54, 1.807) is 0 Å². The van der Waals surface area contributed by atoms with Crippen LogP contribution in [-0.4, -0.2) is 41.3 Å². The van der Waals surface area contributed by atoms with E-state index in [1.807, 2.05) is 0 Å². The van der Waals surface area contributed by atoms with Gasteiger partial charge in [-0.2, -0.15) is 0 Å². The molecule has 2 atom stereocenters. The molecular formula is C14H26N2O4. The SMILES string of the molecule is CCC1(CC)CC(NC(=O)C(N)CCC(=O)O)CCO1. The van der Waals surface area contributed by atoms with Crippen LogP contribution in [0.5, 0.6) is 0 Å². The van der Waals surface area contributed by atoms with Crippen molar-refractivity contribution < 1.29 is 19.4 Å². The minimum atomic E-state index is -0.935. The summed E-state index contributed by atoms with van der Waals surface area (Å²) in [5.41, 5.74) is 5.56. The fraction of sp³-hybridized carbons (Fsp3) is 0.857. The molecule has 1 saturated heterocycles. The Morgan fingerprint density at radius 1 is 1.45 bits per heavy atom. The first-order chi connectivity index (χ1) is 9.42. The number of hydrogen-bond donors (Lipinski definition) is 3. The van der Waals surface area contributed by atoms with E-state index in [0.29, 0.717) is 6.61 Å². The molecule has 1 fully saturated rings. The molecule has 0 aliphatic carbocycles. The normalized spacial score (nSPS) is 23.1. The number of rotatable bonds is 7. The number of hydrogen-bond acceptors (Lipinski definition) is 4. The number of nitrogens with two attached hydrogens (primary N) is 1. The molecule has 4 N–H and O–H groups in total. The molecule has 0 radical (unpaired) electrons. The van der Waals surface area contributed by atoms with Crippen molar-refractivity contribution >= 4 is 11.9 Å². The Balaban J connectivity index is 2.47. The first-order valence-corrected chi connectivity index (χ1v) is 7.34. The molecule has 0 saturated carbocycles. The van der Waals surface area contributed by atoms with Gasteiger partial charge in [-0.25, -0.2) is 0 Å². The fourth-order valence-electron chi connectivity index (χ4n) is 2.61. The predicted molar refractivity (Wildman–Crippen MR) is 75.3 cm³/mol. The minimum Gasteiger partial charge on any atom is -0.481 e. The van der Waals surface area contributed by atoms with Gasteiger partial charge in [0.1, 0.15) is 0 Å². The number of aliphatic carboxylic acids is 1. The summed E-state index contributed by atoms with van der Waals surface area (Å²) in [6.07, 6.45) is 3.48. The van der Waals surface area contributed by atoms with Gasteiger partial charge in [-0.1, -0.05) is 13.8 Å². The maximum absolute atomic E-state index is 11.9. The van der Waals surface area contributed by atoms with E-state index < -0.39 is 12.0 Å². The van der Waals surface area contributed by atoms with Crippen molar-refractivity contribution in [3.8, 4) is 0 Å². The lowest BCUT2D eigenvalue weighted by Gasteiger charge is -2.40. The molecule has 1 aliphatic heterocycles. The van der Waals surface area contributed by atoms with Gasteiger partial charge < -0.3 is 20.9 Å². The maximum atomic E-state index is 11.9. The summed E-state index contributed by atoms with van der Waals surface area (Å²) in [5.74, 6) is -1.20. The largest absolute Gasteiger partial charge is 0.481 e. The highest BCUT2D eigenvalue weighted by Gasteiger charge is 2.35. The van der Waals surface area contributed by atoms with Crippen LogP contribution < -0.4 is 11.1 Å². The van der Waals surface area contributed by atoms with E-state index in [0.717, 1.165) is 25.7 Å². The number of nitrogens with one attached hydrogen (secondary N) is 1. The van der Waals surface area contributed by atoms with Gasteiger partial charge in [0.15, 0.2) is 0 Å². The lowest BCUT2D eigenvalue weighted by Crippen LogP contribution is -2.51. The second-order valence-corrected chi connectivity index (χ2v) is 5.48. The quantitative estimate of drug-likeness (QED) is 0.649. The van der Waals surface area contributed by atoms with Crippen LogP contribution in [0.4, 0.5) is 0 Å². The molecule has 1 amide bonds. The number of amides is 1. The Hall–Kier alpha value is -1.14. The Morgan fingerprint density at radius 2 is 2.10 bits per heavy atom. The summed E-state index contributed by atoms with van der Waals surface area (Å²) in [7, 11) is 0. The molecule has 1 rings (SSSR count). The summed E-state index contributed by atoms with van der Waals surface area (Å²) in [6, 6.07) is -0.696. The molecule has 1 aliphatic rings. The van der Waals surface area contributed by atoms with Crippen LogP contribution in [0, 0.1) is 0 Å². The van der Waals surface area contributed by atoms with Crippen molar-refractivity contribution in [2.24, 2.45) is 5.73 Å². The number of carbonyl (C=O) groups excluding carboxylic acids is 1. The number of carboxylic acid groups (broad SMARTS) is 1. The van der Waals surface area contributed by atoms with Crippen molar-refractivity contribution in [3.63, 3.8) is 0 Å². The molecule has 1 heterocycles. The monoisotopic (exact) mass is 286 g/mol. The van der Waals surface area contributed by atoms with Crippen molar-refractivity contribution in [1.82, 2.24) is 5.32 Å². The van der Waals surface area contributed by atoms with Gasteiger partial charge in [0.25, 0.3) is 0 Å². The highest BCUT2D eigenvalue weighted by molar-refractivity contribution is 5.82. The Bertz CT molecular complexity index is 342. The Kier molecular flexibility index (Phi) is 6.42. The van der Waals surface area contributed by atoms with Gasteiger partial charge in [0, 0.05) is 19.1 Å². The molecule has 0 spiro atoms. The first kappa shape index (κ1) is 16.9. The predicted octanol–water partition coefficient (Wildman–Crippen LogP) is 1.03. The summed E-state index contributed by atoms with van der Waals surface area (Å²) < 4.78 is 5.85.